The molecule has 0 fully saturated rings. The van der Waals surface area contributed by atoms with Gasteiger partial charge in [-0.2, -0.15) is 0 Å². The molecule has 0 saturated carbocycles. The van der Waals surface area contributed by atoms with E-state index in [9.17, 15) is 0 Å². The van der Waals surface area contributed by atoms with Crippen molar-refractivity contribution < 1.29 is 0 Å². The second kappa shape index (κ2) is 3.57. The van der Waals surface area contributed by atoms with Gasteiger partial charge in [-0.05, 0) is 51.2 Å². The molecule has 2 aliphatic rings. The summed E-state index contributed by atoms with van der Waals surface area (Å²) in [6, 6.07) is 0.660. The van der Waals surface area contributed by atoms with E-state index in [1.807, 2.05) is 0 Å². The lowest BCUT2D eigenvalue weighted by Gasteiger charge is -2.37. The Bertz CT molecular complexity index is 248. The Balaban J connectivity index is 2.25. The molecular weight excluding hydrogens is 158 g/mol. The van der Waals surface area contributed by atoms with Gasteiger partial charge >= 0.3 is 0 Å². The number of nitrogens with zero attached hydrogens (tertiary/aromatic N) is 1. The summed E-state index contributed by atoms with van der Waals surface area (Å²) in [5.41, 5.74) is 3.23. The lowest BCUT2D eigenvalue weighted by molar-refractivity contribution is 0.267. The fourth-order valence-corrected chi connectivity index (χ4v) is 2.37. The highest BCUT2D eigenvalue weighted by molar-refractivity contribution is 5.30. The van der Waals surface area contributed by atoms with Crippen molar-refractivity contribution in [3.8, 4) is 0 Å². The molecule has 72 valence electrons. The smallest absolute Gasteiger partial charge is 0.0357 e. The van der Waals surface area contributed by atoms with Gasteiger partial charge in [0.1, 0.15) is 0 Å². The normalized spacial score (nSPS) is 22.5. The molecule has 0 radical (unpaired) electrons. The SMILES string of the molecule is CC(C)N1CCCC2=C1C=CCC2. The molecule has 1 aliphatic carbocycles. The average molecular weight is 177 g/mol. The van der Waals surface area contributed by atoms with Crippen LogP contribution in [0.2, 0.25) is 0 Å². The maximum Gasteiger partial charge on any atom is 0.0357 e. The lowest BCUT2D eigenvalue weighted by atomic mass is 9.93. The van der Waals surface area contributed by atoms with Crippen LogP contribution in [0.15, 0.2) is 23.4 Å². The average Bonchev–Trinajstić information content (AvgIpc) is 2.17. The van der Waals surface area contributed by atoms with Gasteiger partial charge in [0.2, 0.25) is 0 Å². The van der Waals surface area contributed by atoms with Crippen molar-refractivity contribution in [1.29, 1.82) is 0 Å². The standard InChI is InChI=1S/C12H19N/c1-10(2)13-9-5-7-11-6-3-4-8-12(11)13/h4,8,10H,3,5-7,9H2,1-2H3. The Labute approximate surface area is 81.1 Å². The molecule has 0 atom stereocenters. The van der Waals surface area contributed by atoms with E-state index in [0.717, 1.165) is 0 Å². The van der Waals surface area contributed by atoms with Crippen LogP contribution in [0.1, 0.15) is 39.5 Å². The molecule has 0 aromatic heterocycles. The van der Waals surface area contributed by atoms with Crippen LogP contribution in [-0.4, -0.2) is 17.5 Å². The molecule has 13 heavy (non-hydrogen) atoms. The molecule has 1 aliphatic heterocycles. The molecule has 0 unspecified atom stereocenters. The van der Waals surface area contributed by atoms with Gasteiger partial charge in [0, 0.05) is 18.3 Å². The third-order valence-corrected chi connectivity index (χ3v) is 3.06. The van der Waals surface area contributed by atoms with Crippen LogP contribution in [0.3, 0.4) is 0 Å². The molecular formula is C12H19N. The second-order valence-corrected chi connectivity index (χ2v) is 4.32. The van der Waals surface area contributed by atoms with E-state index in [1.165, 1.54) is 37.9 Å². The quantitative estimate of drug-likeness (QED) is 0.595. The fraction of sp³-hybridized carbons (Fsp3) is 0.667. The van der Waals surface area contributed by atoms with E-state index in [2.05, 4.69) is 30.9 Å². The van der Waals surface area contributed by atoms with Crippen LogP contribution < -0.4 is 0 Å². The Morgan fingerprint density at radius 3 is 2.92 bits per heavy atom. The molecule has 0 saturated heterocycles. The van der Waals surface area contributed by atoms with Crippen molar-refractivity contribution in [1.82, 2.24) is 4.90 Å². The Morgan fingerprint density at radius 1 is 1.31 bits per heavy atom. The minimum atomic E-state index is 0.660. The summed E-state index contributed by atoms with van der Waals surface area (Å²) in [5, 5.41) is 0. The van der Waals surface area contributed by atoms with Crippen LogP contribution in [0.25, 0.3) is 0 Å². The zero-order chi connectivity index (χ0) is 9.26. The van der Waals surface area contributed by atoms with E-state index < -0.39 is 0 Å². The van der Waals surface area contributed by atoms with Crippen LogP contribution in [0.4, 0.5) is 0 Å². The first kappa shape index (κ1) is 8.86. The van der Waals surface area contributed by atoms with E-state index in [0.29, 0.717) is 6.04 Å². The van der Waals surface area contributed by atoms with Crippen LogP contribution in [0, 0.1) is 0 Å². The van der Waals surface area contributed by atoms with Crippen molar-refractivity contribution in [2.24, 2.45) is 0 Å². The third kappa shape index (κ3) is 1.65. The summed E-state index contributed by atoms with van der Waals surface area (Å²) in [6.07, 6.45) is 9.89. The fourth-order valence-electron chi connectivity index (χ4n) is 2.37. The molecule has 0 spiro atoms. The highest BCUT2D eigenvalue weighted by Crippen LogP contribution is 2.31. The Morgan fingerprint density at radius 2 is 2.15 bits per heavy atom. The van der Waals surface area contributed by atoms with Crippen LogP contribution in [-0.2, 0) is 0 Å². The van der Waals surface area contributed by atoms with Gasteiger partial charge in [0.05, 0.1) is 0 Å². The maximum absolute atomic E-state index is 2.55. The maximum atomic E-state index is 2.55. The van der Waals surface area contributed by atoms with Gasteiger partial charge < -0.3 is 4.90 Å². The lowest BCUT2D eigenvalue weighted by Crippen LogP contribution is -2.34. The second-order valence-electron chi connectivity index (χ2n) is 4.32. The van der Waals surface area contributed by atoms with Crippen molar-refractivity contribution in [2.75, 3.05) is 6.54 Å². The van der Waals surface area contributed by atoms with Crippen molar-refractivity contribution >= 4 is 0 Å². The number of hydrogen-bond donors (Lipinski definition) is 0. The van der Waals surface area contributed by atoms with Crippen molar-refractivity contribution in [3.05, 3.63) is 23.4 Å². The zero-order valence-electron chi connectivity index (χ0n) is 8.71. The summed E-state index contributed by atoms with van der Waals surface area (Å²) in [6.45, 7) is 5.83. The third-order valence-electron chi connectivity index (χ3n) is 3.06. The molecule has 0 aromatic carbocycles. The van der Waals surface area contributed by atoms with Crippen molar-refractivity contribution in [2.45, 2.75) is 45.6 Å². The summed E-state index contributed by atoms with van der Waals surface area (Å²) < 4.78 is 0. The van der Waals surface area contributed by atoms with E-state index in [1.54, 1.807) is 5.57 Å². The number of hydrogen-bond acceptors (Lipinski definition) is 1. The summed E-state index contributed by atoms with van der Waals surface area (Å²) in [4.78, 5) is 2.55. The Kier molecular flexibility index (Phi) is 2.43. The van der Waals surface area contributed by atoms with E-state index >= 15 is 0 Å². The van der Waals surface area contributed by atoms with E-state index in [-0.39, 0.29) is 0 Å². The molecule has 1 heterocycles. The first-order valence-electron chi connectivity index (χ1n) is 5.44. The van der Waals surface area contributed by atoms with Gasteiger partial charge in [-0.1, -0.05) is 6.08 Å². The Hall–Kier alpha value is -0.720. The first-order chi connectivity index (χ1) is 6.29. The molecule has 0 amide bonds. The summed E-state index contributed by atoms with van der Waals surface area (Å²) >= 11 is 0. The molecule has 0 bridgehead atoms. The first-order valence-corrected chi connectivity index (χ1v) is 5.44. The van der Waals surface area contributed by atoms with Crippen molar-refractivity contribution in [3.63, 3.8) is 0 Å². The number of allylic oxidation sites excluding steroid dienone is 3. The molecule has 0 aromatic rings. The molecule has 1 heteroatoms. The summed E-state index contributed by atoms with van der Waals surface area (Å²) in [5.74, 6) is 0. The topological polar surface area (TPSA) is 3.24 Å². The predicted octanol–water partition coefficient (Wildman–Crippen LogP) is 3.09. The minimum absolute atomic E-state index is 0.660. The van der Waals surface area contributed by atoms with Crippen LogP contribution >= 0.6 is 0 Å². The predicted molar refractivity (Wildman–Crippen MR) is 56.5 cm³/mol. The molecule has 0 N–H and O–H groups in total. The van der Waals surface area contributed by atoms with Gasteiger partial charge in [-0.3, -0.25) is 0 Å². The minimum Gasteiger partial charge on any atom is -0.369 e. The highest BCUT2D eigenvalue weighted by Gasteiger charge is 2.20. The van der Waals surface area contributed by atoms with Gasteiger partial charge in [0.15, 0.2) is 0 Å². The molecule has 1 nitrogen and oxygen atoms in total. The monoisotopic (exact) mass is 177 g/mol. The largest absolute Gasteiger partial charge is 0.369 e. The van der Waals surface area contributed by atoms with Gasteiger partial charge in [-0.25, -0.2) is 0 Å². The summed E-state index contributed by atoms with van der Waals surface area (Å²) in [7, 11) is 0. The van der Waals surface area contributed by atoms with Crippen LogP contribution in [0.5, 0.6) is 0 Å². The number of rotatable bonds is 1. The van der Waals surface area contributed by atoms with Gasteiger partial charge in [-0.15, -0.1) is 0 Å². The molecule has 2 rings (SSSR count). The highest BCUT2D eigenvalue weighted by atomic mass is 15.2. The zero-order valence-corrected chi connectivity index (χ0v) is 8.71. The van der Waals surface area contributed by atoms with E-state index in [4.69, 9.17) is 0 Å². The van der Waals surface area contributed by atoms with Gasteiger partial charge in [0.25, 0.3) is 0 Å².